The monoisotopic (exact) mass is 1810 g/mol. The third-order valence-corrected chi connectivity index (χ3v) is 22.8. The largest absolute Gasteiger partial charge is 0.335 e. The molecule has 0 atom stereocenters. The summed E-state index contributed by atoms with van der Waals surface area (Å²) in [4.78, 5) is 88.4. The van der Waals surface area contributed by atoms with Gasteiger partial charge in [-0.3, -0.25) is 54.5 Å². The van der Waals surface area contributed by atoms with Crippen molar-refractivity contribution in [2.75, 3.05) is 16.0 Å². The summed E-state index contributed by atoms with van der Waals surface area (Å²) in [6, 6.07) is 74.4. The number of benzene rings is 9. The van der Waals surface area contributed by atoms with Crippen LogP contribution in [0, 0.1) is 35.2 Å². The number of nitrogens with one attached hydrogen (secondary N) is 8. The number of carbonyl (C=O) groups excluding carboxylic acids is 3. The van der Waals surface area contributed by atoms with Crippen molar-refractivity contribution in [3.05, 3.63) is 345 Å². The topological polar surface area (TPSA) is 326 Å². The molecule has 24 nitrogen and oxygen atoms in total. The second-order valence-corrected chi connectivity index (χ2v) is 33.8. The maximum Gasteiger partial charge on any atom is 0.224 e. The Labute approximate surface area is 782 Å². The number of halogens is 3. The molecule has 136 heavy (non-hydrogen) atoms. The van der Waals surface area contributed by atoms with E-state index in [1.165, 1.54) is 36.4 Å². The van der Waals surface area contributed by atoms with E-state index in [1.54, 1.807) is 92.6 Å². The number of aromatic amines is 5. The van der Waals surface area contributed by atoms with Crippen LogP contribution in [0.1, 0.15) is 99.8 Å². The zero-order valence-electron chi connectivity index (χ0n) is 73.0. The lowest BCUT2D eigenvalue weighted by Gasteiger charge is -2.37. The van der Waals surface area contributed by atoms with Crippen LogP contribution in [0.15, 0.2) is 311 Å². The molecule has 678 valence electrons. The molecule has 0 bridgehead atoms. The summed E-state index contributed by atoms with van der Waals surface area (Å²) in [7, 11) is 0. The van der Waals surface area contributed by atoms with Gasteiger partial charge in [-0.25, -0.2) is 32.8 Å². The quantitative estimate of drug-likeness (QED) is 0.0292. The number of imidazole rings is 3. The second kappa shape index (κ2) is 39.9. The van der Waals surface area contributed by atoms with E-state index in [9.17, 15) is 27.6 Å². The third kappa shape index (κ3) is 19.2. The molecular formula is C109H98F3N21O3. The molecule has 0 aliphatic carbocycles. The molecule has 0 saturated heterocycles. The first-order valence-corrected chi connectivity index (χ1v) is 43.5. The zero-order chi connectivity index (χ0) is 91.4. The number of H-pyrrole nitrogens is 5. The number of amides is 3. The van der Waals surface area contributed by atoms with E-state index in [4.69, 9.17) is 20.1 Å². The van der Waals surface area contributed by atoms with E-state index >= 15 is 0 Å². The molecule has 27 heteroatoms. The van der Waals surface area contributed by atoms with Crippen molar-refractivity contribution in [3.8, 4) is 101 Å². The van der Waals surface area contributed by atoms with Gasteiger partial charge >= 0.3 is 0 Å². The van der Waals surface area contributed by atoms with Crippen molar-refractivity contribution < 1.29 is 27.6 Å². The number of aromatic nitrogens is 18. The lowest BCUT2D eigenvalue weighted by Crippen LogP contribution is -2.38. The van der Waals surface area contributed by atoms with Gasteiger partial charge in [0.1, 0.15) is 40.1 Å². The van der Waals surface area contributed by atoms with Crippen LogP contribution in [-0.4, -0.2) is 108 Å². The standard InChI is InChI=1S/C48H38FN7O.2C29H24FN7O.3CH4/c1-31(2)23-44(57)52-39-25-34(27-50-28-39)32-21-22-43-40(26-32)46(47-53-42-30-51-29-41(45(42)54-47)33-13-12-20-38(49)24-33)55-56(43)48(35-14-6-3-7-15-35,36-16-8-4-9-17-36)37-18-10-5-11-19-37;2*1-16(2)8-26(38)33-21-10-19(12-31-13-21)17-6-7-24-22(11-17)28(37-36-24)29-34-25-15-32-14-23(27(25)35-29)18-4-3-5-20(30)9-18;;;/h3-22,24-31H,23H2,1-2H3,(H,52,57)(H,53,54);2*3-7,9-16H,8H2,1-2H3,(H,33,38)(H,34,35)(H,36,37);3*1H4. The summed E-state index contributed by atoms with van der Waals surface area (Å²) >= 11 is 0. The minimum atomic E-state index is -0.912. The molecule has 0 fully saturated rings. The SMILES string of the molecule is C.C.C.CC(C)CC(=O)Nc1cncc(-c2ccc3[nH]nc(-c4nc5c(-c6cccc(F)c6)cncc5[nH]4)c3c2)c1.CC(C)CC(=O)Nc1cncc(-c2ccc3[nH]nc(-c4nc5c(-c6cccc(F)c6)cncc5[nH]4)c3c2)c1.CC(C)CC(=O)Nc1cncc(-c2ccc3c(c2)c(-c2nc4c(-c5cccc(F)c5)cncc4[nH]2)nn3C(c2ccccc2)(c2ccccc2)c2ccccc2)c1. The summed E-state index contributed by atoms with van der Waals surface area (Å²) in [6.45, 7) is 12.1. The summed E-state index contributed by atoms with van der Waals surface area (Å²) in [6.07, 6.45) is 21.8. The highest BCUT2D eigenvalue weighted by molar-refractivity contribution is 6.03. The van der Waals surface area contributed by atoms with Crippen molar-refractivity contribution in [2.24, 2.45) is 17.8 Å². The average Bonchev–Trinajstić information content (AvgIpc) is 1.41. The molecular weight excluding hydrogens is 1710 g/mol. The molecule has 21 aromatic rings. The summed E-state index contributed by atoms with van der Waals surface area (Å²) in [5, 5.41) is 32.2. The molecule has 12 heterocycles. The Kier molecular flexibility index (Phi) is 27.1. The highest BCUT2D eigenvalue weighted by atomic mass is 19.1. The van der Waals surface area contributed by atoms with Gasteiger partial charge in [-0.2, -0.15) is 15.3 Å². The van der Waals surface area contributed by atoms with Gasteiger partial charge in [0.2, 0.25) is 17.7 Å². The first kappa shape index (κ1) is 92.2. The van der Waals surface area contributed by atoms with Gasteiger partial charge in [0.15, 0.2) is 17.5 Å². The van der Waals surface area contributed by atoms with Gasteiger partial charge in [0.25, 0.3) is 0 Å². The average molecular weight is 1810 g/mol. The summed E-state index contributed by atoms with van der Waals surface area (Å²) in [5.41, 5.74) is 22.3. The number of pyridine rings is 6. The normalized spacial score (nSPS) is 11.3. The minimum absolute atomic E-state index is 0. The molecule has 8 N–H and O–H groups in total. The Bertz CT molecular complexity index is 7560. The minimum Gasteiger partial charge on any atom is -0.335 e. The molecule has 0 saturated carbocycles. The molecule has 0 radical (unpaired) electrons. The van der Waals surface area contributed by atoms with Crippen molar-refractivity contribution in [2.45, 2.75) is 88.6 Å². The van der Waals surface area contributed by atoms with Crippen LogP contribution in [-0.2, 0) is 19.9 Å². The van der Waals surface area contributed by atoms with Gasteiger partial charge < -0.3 is 30.9 Å². The smallest absolute Gasteiger partial charge is 0.224 e. The van der Waals surface area contributed by atoms with Crippen molar-refractivity contribution in [3.63, 3.8) is 0 Å². The zero-order valence-corrected chi connectivity index (χ0v) is 73.0. The molecule has 12 aromatic heterocycles. The summed E-state index contributed by atoms with van der Waals surface area (Å²) in [5.74, 6) is 1.33. The van der Waals surface area contributed by atoms with Gasteiger partial charge in [-0.15, -0.1) is 0 Å². The Morgan fingerprint density at radius 2 is 0.647 bits per heavy atom. The summed E-state index contributed by atoms with van der Waals surface area (Å²) < 4.78 is 44.3. The van der Waals surface area contributed by atoms with Crippen molar-refractivity contribution in [1.82, 2.24) is 90.0 Å². The number of hydrogen-bond donors (Lipinski definition) is 8. The van der Waals surface area contributed by atoms with Gasteiger partial charge in [0, 0.05) is 106 Å². The fourth-order valence-electron chi connectivity index (χ4n) is 16.9. The predicted octanol–water partition coefficient (Wildman–Crippen LogP) is 25.3. The van der Waals surface area contributed by atoms with Crippen molar-refractivity contribution in [1.29, 1.82) is 0 Å². The highest BCUT2D eigenvalue weighted by Crippen LogP contribution is 2.46. The van der Waals surface area contributed by atoms with Gasteiger partial charge in [-0.05, 0) is 159 Å². The van der Waals surface area contributed by atoms with Crippen LogP contribution in [0.5, 0.6) is 0 Å². The van der Waals surface area contributed by atoms with E-state index in [-0.39, 0.29) is 75.2 Å². The van der Waals surface area contributed by atoms with Gasteiger partial charge in [-0.1, -0.05) is 209 Å². The molecule has 0 aliphatic rings. The van der Waals surface area contributed by atoms with E-state index in [1.807, 2.05) is 133 Å². The van der Waals surface area contributed by atoms with Crippen LogP contribution in [0.3, 0.4) is 0 Å². The predicted molar refractivity (Wildman–Crippen MR) is 535 cm³/mol. The molecule has 0 spiro atoms. The number of rotatable bonds is 22. The Hall–Kier alpha value is -17.1. The van der Waals surface area contributed by atoms with Crippen LogP contribution in [0.4, 0.5) is 30.2 Å². The molecule has 3 amide bonds. The number of fused-ring (bicyclic) bond motifs is 6. The van der Waals surface area contributed by atoms with Crippen LogP contribution in [0.2, 0.25) is 0 Å². The lowest BCUT2D eigenvalue weighted by molar-refractivity contribution is -0.117. The lowest BCUT2D eigenvalue weighted by atomic mass is 9.77. The Morgan fingerprint density at radius 3 is 0.985 bits per heavy atom. The first-order chi connectivity index (χ1) is 64.8. The molecule has 0 unspecified atom stereocenters. The van der Waals surface area contributed by atoms with Crippen LogP contribution >= 0.6 is 0 Å². The highest BCUT2D eigenvalue weighted by Gasteiger charge is 2.42. The molecule has 21 rings (SSSR count). The molecule has 0 aliphatic heterocycles. The Balaban J connectivity index is 0.000000151. The second-order valence-electron chi connectivity index (χ2n) is 33.8. The van der Waals surface area contributed by atoms with E-state index in [0.717, 1.165) is 105 Å². The maximum atomic E-state index is 14.5. The van der Waals surface area contributed by atoms with Crippen molar-refractivity contribution >= 4 is 101 Å². The fourth-order valence-corrected chi connectivity index (χ4v) is 16.9. The van der Waals surface area contributed by atoms with Gasteiger partial charge in [0.05, 0.1) is 104 Å². The first-order valence-electron chi connectivity index (χ1n) is 43.5. The van der Waals surface area contributed by atoms with E-state index < -0.39 is 5.54 Å². The number of hydrogen-bond acceptors (Lipinski definition) is 15. The number of carbonyl (C=O) groups is 3. The van der Waals surface area contributed by atoms with E-state index in [2.05, 4.69) is 177 Å². The fraction of sp³-hybridized carbons (Fsp3) is 0.147. The van der Waals surface area contributed by atoms with E-state index in [0.29, 0.717) is 115 Å². The number of nitrogens with zero attached hydrogens (tertiary/aromatic N) is 13. The molecule has 9 aromatic carbocycles. The number of anilines is 3. The van der Waals surface area contributed by atoms with Crippen LogP contribution in [0.25, 0.3) is 167 Å². The maximum absolute atomic E-state index is 14.5. The third-order valence-electron chi connectivity index (χ3n) is 22.8. The van der Waals surface area contributed by atoms with Crippen LogP contribution < -0.4 is 16.0 Å². The Morgan fingerprint density at radius 1 is 0.324 bits per heavy atom.